The zero-order chi connectivity index (χ0) is 11.2. The van der Waals surface area contributed by atoms with E-state index in [2.05, 4.69) is 26.1 Å². The molecule has 1 N–H and O–H groups in total. The summed E-state index contributed by atoms with van der Waals surface area (Å²) < 4.78 is 0. The Labute approximate surface area is 92.8 Å². The van der Waals surface area contributed by atoms with Crippen molar-refractivity contribution >= 4 is 5.91 Å². The van der Waals surface area contributed by atoms with Crippen LogP contribution in [0.5, 0.6) is 0 Å². The number of hydrogen-bond donors (Lipinski definition) is 1. The van der Waals surface area contributed by atoms with Gasteiger partial charge < -0.3 is 5.32 Å². The lowest BCUT2D eigenvalue weighted by Gasteiger charge is -2.62. The second-order valence-corrected chi connectivity index (χ2v) is 5.98. The lowest BCUT2D eigenvalue weighted by atomic mass is 9.45. The quantitative estimate of drug-likeness (QED) is 0.744. The minimum atomic E-state index is 0.214. The van der Waals surface area contributed by atoms with Crippen molar-refractivity contribution in [2.75, 3.05) is 0 Å². The van der Waals surface area contributed by atoms with Crippen molar-refractivity contribution in [3.63, 3.8) is 0 Å². The predicted molar refractivity (Wildman–Crippen MR) is 61.4 cm³/mol. The first-order valence-electron chi connectivity index (χ1n) is 6.26. The van der Waals surface area contributed by atoms with Crippen LogP contribution in [0.15, 0.2) is 0 Å². The van der Waals surface area contributed by atoms with Crippen LogP contribution < -0.4 is 5.32 Å². The van der Waals surface area contributed by atoms with Gasteiger partial charge >= 0.3 is 0 Å². The average Bonchev–Trinajstić information content (AvgIpc) is 2.19. The van der Waals surface area contributed by atoms with Gasteiger partial charge in [-0.1, -0.05) is 27.7 Å². The first-order valence-corrected chi connectivity index (χ1v) is 6.26. The lowest BCUT2D eigenvalue weighted by Crippen LogP contribution is -2.60. The van der Waals surface area contributed by atoms with E-state index < -0.39 is 0 Å². The van der Waals surface area contributed by atoms with Crippen LogP contribution >= 0.6 is 0 Å². The molecule has 3 rings (SSSR count). The highest BCUT2D eigenvalue weighted by molar-refractivity contribution is 5.75. The Morgan fingerprint density at radius 3 is 2.53 bits per heavy atom. The fourth-order valence-corrected chi connectivity index (χ4v) is 3.65. The summed E-state index contributed by atoms with van der Waals surface area (Å²) in [6, 6.07) is 0.439. The van der Waals surface area contributed by atoms with Gasteiger partial charge in [-0.25, -0.2) is 0 Å². The van der Waals surface area contributed by atoms with E-state index in [0.29, 0.717) is 23.8 Å². The Morgan fingerprint density at radius 2 is 2.07 bits per heavy atom. The lowest BCUT2D eigenvalue weighted by molar-refractivity contribution is -0.133. The summed E-state index contributed by atoms with van der Waals surface area (Å²) in [5.41, 5.74) is 0.521. The van der Waals surface area contributed by atoms with E-state index in [9.17, 15) is 4.79 Å². The van der Waals surface area contributed by atoms with E-state index in [0.717, 1.165) is 11.8 Å². The summed E-state index contributed by atoms with van der Waals surface area (Å²) in [4.78, 5) is 11.4. The minimum absolute atomic E-state index is 0.214. The summed E-state index contributed by atoms with van der Waals surface area (Å²) in [5, 5.41) is 3.18. The van der Waals surface area contributed by atoms with Crippen LogP contribution in [0.2, 0.25) is 0 Å². The van der Waals surface area contributed by atoms with E-state index in [-0.39, 0.29) is 5.91 Å². The summed E-state index contributed by atoms with van der Waals surface area (Å²) in [6.45, 7) is 9.01. The molecule has 86 valence electrons. The number of nitrogens with one attached hydrogen (secondary N) is 1. The van der Waals surface area contributed by atoms with Gasteiger partial charge in [0.1, 0.15) is 0 Å². The van der Waals surface area contributed by atoms with Crippen LogP contribution in [-0.2, 0) is 4.79 Å². The molecule has 0 aromatic heterocycles. The Balaban J connectivity index is 1.99. The predicted octanol–water partition coefficient (Wildman–Crippen LogP) is 2.58. The number of carbonyl (C=O) groups excluding carboxylic acids is 1. The molecule has 2 bridgehead atoms. The number of rotatable bonds is 2. The van der Waals surface area contributed by atoms with Crippen LogP contribution in [0.1, 0.15) is 47.0 Å². The van der Waals surface area contributed by atoms with Gasteiger partial charge in [-0.3, -0.25) is 4.79 Å². The maximum absolute atomic E-state index is 11.4. The van der Waals surface area contributed by atoms with Crippen molar-refractivity contribution < 1.29 is 4.79 Å². The van der Waals surface area contributed by atoms with Crippen molar-refractivity contribution in [1.82, 2.24) is 5.32 Å². The number of hydrogen-bond acceptors (Lipinski definition) is 1. The van der Waals surface area contributed by atoms with Gasteiger partial charge in [0.25, 0.3) is 0 Å². The monoisotopic (exact) mass is 209 g/mol. The van der Waals surface area contributed by atoms with E-state index in [1.54, 1.807) is 0 Å². The summed E-state index contributed by atoms with van der Waals surface area (Å²) in [7, 11) is 0. The topological polar surface area (TPSA) is 29.1 Å². The van der Waals surface area contributed by atoms with Gasteiger partial charge in [0.2, 0.25) is 5.91 Å². The largest absolute Gasteiger partial charge is 0.353 e. The molecule has 0 saturated heterocycles. The van der Waals surface area contributed by atoms with Crippen molar-refractivity contribution in [1.29, 1.82) is 0 Å². The summed E-state index contributed by atoms with van der Waals surface area (Å²) in [5.74, 6) is 2.52. The molecule has 0 aliphatic heterocycles. The van der Waals surface area contributed by atoms with Gasteiger partial charge in [-0.15, -0.1) is 0 Å². The number of amides is 1. The third kappa shape index (κ3) is 1.58. The molecule has 2 heteroatoms. The highest BCUT2D eigenvalue weighted by Crippen LogP contribution is 2.61. The van der Waals surface area contributed by atoms with E-state index >= 15 is 0 Å². The highest BCUT2D eigenvalue weighted by Gasteiger charge is 2.56. The minimum Gasteiger partial charge on any atom is -0.353 e. The van der Waals surface area contributed by atoms with Gasteiger partial charge in [-0.05, 0) is 36.0 Å². The molecule has 0 aromatic carbocycles. The van der Waals surface area contributed by atoms with Gasteiger partial charge in [0, 0.05) is 12.5 Å². The molecule has 0 unspecified atom stereocenters. The number of fused-ring (bicyclic) bond motifs is 2. The fourth-order valence-electron chi connectivity index (χ4n) is 3.65. The average molecular weight is 209 g/mol. The van der Waals surface area contributed by atoms with Crippen molar-refractivity contribution in [2.24, 2.45) is 23.2 Å². The maximum atomic E-state index is 11.4. The molecule has 4 atom stereocenters. The third-order valence-electron chi connectivity index (χ3n) is 5.02. The van der Waals surface area contributed by atoms with Crippen LogP contribution in [0.4, 0.5) is 0 Å². The van der Waals surface area contributed by atoms with Gasteiger partial charge in [-0.2, -0.15) is 0 Å². The fraction of sp³-hybridized carbons (Fsp3) is 0.923. The first kappa shape index (κ1) is 11.0. The molecule has 0 radical (unpaired) electrons. The Hall–Kier alpha value is -0.530. The standard InChI is InChI=1S/C13H23NO/c1-5-12(15)14-11-7-9-6-10(8(11)2)13(9,3)4/h8-11H,5-7H2,1-4H3,(H,14,15)/t8-,9+,10-,11-/m1/s1. The SMILES string of the molecule is CCC(=O)N[C@@H]1C[C@@H]2C[C@H]([C@H]1C)C2(C)C. The molecule has 3 aliphatic rings. The zero-order valence-corrected chi connectivity index (χ0v) is 10.3. The Morgan fingerprint density at radius 1 is 1.40 bits per heavy atom. The Bertz CT molecular complexity index is 272. The molecular weight excluding hydrogens is 186 g/mol. The molecule has 3 aliphatic carbocycles. The van der Waals surface area contributed by atoms with Crippen molar-refractivity contribution in [3.8, 4) is 0 Å². The van der Waals surface area contributed by atoms with Crippen LogP contribution in [-0.4, -0.2) is 11.9 Å². The second-order valence-electron chi connectivity index (χ2n) is 5.98. The first-order chi connectivity index (χ1) is 6.96. The zero-order valence-electron chi connectivity index (χ0n) is 10.3. The van der Waals surface area contributed by atoms with E-state index in [4.69, 9.17) is 0 Å². The van der Waals surface area contributed by atoms with Crippen molar-refractivity contribution in [3.05, 3.63) is 0 Å². The molecule has 3 saturated carbocycles. The third-order valence-corrected chi connectivity index (χ3v) is 5.02. The van der Waals surface area contributed by atoms with Gasteiger partial charge in [0.05, 0.1) is 0 Å². The smallest absolute Gasteiger partial charge is 0.219 e. The van der Waals surface area contributed by atoms with Gasteiger partial charge in [0.15, 0.2) is 0 Å². The molecule has 3 fully saturated rings. The normalized spacial score (nSPS) is 41.9. The molecular formula is C13H23NO. The molecule has 1 amide bonds. The molecule has 0 spiro atoms. The summed E-state index contributed by atoms with van der Waals surface area (Å²) >= 11 is 0. The van der Waals surface area contributed by atoms with E-state index in [1.807, 2.05) is 6.92 Å². The van der Waals surface area contributed by atoms with E-state index in [1.165, 1.54) is 12.8 Å². The summed E-state index contributed by atoms with van der Waals surface area (Å²) in [6.07, 6.45) is 3.19. The van der Waals surface area contributed by atoms with Crippen LogP contribution in [0.3, 0.4) is 0 Å². The van der Waals surface area contributed by atoms with Crippen molar-refractivity contribution in [2.45, 2.75) is 53.0 Å². The molecule has 0 heterocycles. The number of carbonyl (C=O) groups is 1. The molecule has 15 heavy (non-hydrogen) atoms. The molecule has 2 nitrogen and oxygen atoms in total. The Kier molecular flexibility index (Phi) is 2.56. The highest BCUT2D eigenvalue weighted by atomic mass is 16.1. The maximum Gasteiger partial charge on any atom is 0.219 e. The second kappa shape index (κ2) is 3.50. The van der Waals surface area contributed by atoms with Crippen LogP contribution in [0.25, 0.3) is 0 Å². The van der Waals surface area contributed by atoms with Crippen LogP contribution in [0, 0.1) is 23.2 Å². The molecule has 0 aromatic rings.